The van der Waals surface area contributed by atoms with E-state index in [9.17, 15) is 4.79 Å². The van der Waals surface area contributed by atoms with Crippen molar-refractivity contribution in [3.63, 3.8) is 0 Å². The molecule has 1 fully saturated rings. The highest BCUT2D eigenvalue weighted by molar-refractivity contribution is 7.18. The Kier molecular flexibility index (Phi) is 6.18. The number of ether oxygens (including phenoxy) is 2. The zero-order valence-electron chi connectivity index (χ0n) is 17.7. The van der Waals surface area contributed by atoms with Gasteiger partial charge in [-0.1, -0.05) is 17.7 Å². The monoisotopic (exact) mass is 425 g/mol. The Morgan fingerprint density at radius 3 is 2.57 bits per heavy atom. The number of carbonyl (C=O) groups excluding carboxylic acids is 1. The molecule has 3 heterocycles. The van der Waals surface area contributed by atoms with Crippen LogP contribution in [0.1, 0.15) is 28.8 Å². The summed E-state index contributed by atoms with van der Waals surface area (Å²) in [4.78, 5) is 26.0. The molecule has 0 radical (unpaired) electrons. The Bertz CT molecular complexity index is 1020. The molecule has 30 heavy (non-hydrogen) atoms. The summed E-state index contributed by atoms with van der Waals surface area (Å²) in [5.74, 6) is 1.58. The zero-order valence-corrected chi connectivity index (χ0v) is 18.5. The number of rotatable bonds is 6. The molecule has 4 rings (SSSR count). The second-order valence-corrected chi connectivity index (χ2v) is 8.95. The SMILES string of the molecule is Cc1ccc(OCCOC(=O)C2CCN(c3ncnc4sc(C)c(C)c34)CC2)cc1. The van der Waals surface area contributed by atoms with Gasteiger partial charge < -0.3 is 14.4 Å². The van der Waals surface area contributed by atoms with Crippen molar-refractivity contribution in [2.24, 2.45) is 5.92 Å². The van der Waals surface area contributed by atoms with Crippen LogP contribution < -0.4 is 9.64 Å². The van der Waals surface area contributed by atoms with Crippen molar-refractivity contribution in [1.29, 1.82) is 0 Å². The lowest BCUT2D eigenvalue weighted by Crippen LogP contribution is -2.37. The van der Waals surface area contributed by atoms with Gasteiger partial charge in [-0.25, -0.2) is 9.97 Å². The summed E-state index contributed by atoms with van der Waals surface area (Å²) in [6, 6.07) is 7.85. The van der Waals surface area contributed by atoms with E-state index < -0.39 is 0 Å². The van der Waals surface area contributed by atoms with Crippen molar-refractivity contribution in [2.45, 2.75) is 33.6 Å². The van der Waals surface area contributed by atoms with Crippen LogP contribution in [0, 0.1) is 26.7 Å². The van der Waals surface area contributed by atoms with E-state index in [1.807, 2.05) is 31.2 Å². The van der Waals surface area contributed by atoms with Crippen molar-refractivity contribution >= 4 is 33.3 Å². The van der Waals surface area contributed by atoms with Gasteiger partial charge in [-0.3, -0.25) is 4.79 Å². The van der Waals surface area contributed by atoms with Crippen LogP contribution in [0.5, 0.6) is 5.75 Å². The van der Waals surface area contributed by atoms with Gasteiger partial charge in [0.1, 0.15) is 35.9 Å². The number of anilines is 1. The Morgan fingerprint density at radius 1 is 1.10 bits per heavy atom. The van der Waals surface area contributed by atoms with Gasteiger partial charge in [0, 0.05) is 18.0 Å². The first-order valence-electron chi connectivity index (χ1n) is 10.3. The maximum absolute atomic E-state index is 12.4. The van der Waals surface area contributed by atoms with Crippen molar-refractivity contribution in [1.82, 2.24) is 9.97 Å². The summed E-state index contributed by atoms with van der Waals surface area (Å²) in [7, 11) is 0. The lowest BCUT2D eigenvalue weighted by atomic mass is 9.97. The fourth-order valence-electron chi connectivity index (χ4n) is 3.78. The highest BCUT2D eigenvalue weighted by Gasteiger charge is 2.28. The Morgan fingerprint density at radius 2 is 1.83 bits per heavy atom. The molecule has 0 N–H and O–H groups in total. The van der Waals surface area contributed by atoms with Gasteiger partial charge in [0.2, 0.25) is 0 Å². The standard InChI is InChI=1S/C23H27N3O3S/c1-15-4-6-19(7-5-15)28-12-13-29-23(27)18-8-10-26(11-9-18)21-20-16(2)17(3)30-22(20)25-14-24-21/h4-7,14,18H,8-13H2,1-3H3. The summed E-state index contributed by atoms with van der Waals surface area (Å²) in [5, 5.41) is 1.15. The molecule has 0 bridgehead atoms. The van der Waals surface area contributed by atoms with Crippen LogP contribution in [0.15, 0.2) is 30.6 Å². The number of aromatic nitrogens is 2. The maximum atomic E-state index is 12.4. The van der Waals surface area contributed by atoms with Crippen LogP contribution in [-0.2, 0) is 9.53 Å². The van der Waals surface area contributed by atoms with Gasteiger partial charge in [-0.05, 0) is 51.3 Å². The summed E-state index contributed by atoms with van der Waals surface area (Å²) in [5.41, 5.74) is 2.44. The number of nitrogens with zero attached hydrogens (tertiary/aromatic N) is 3. The molecule has 1 aliphatic heterocycles. The van der Waals surface area contributed by atoms with Crippen molar-refractivity contribution in [3.05, 3.63) is 46.6 Å². The molecule has 6 nitrogen and oxygen atoms in total. The molecule has 158 valence electrons. The van der Waals surface area contributed by atoms with Crippen LogP contribution in [0.2, 0.25) is 0 Å². The topological polar surface area (TPSA) is 64.6 Å². The van der Waals surface area contributed by atoms with Gasteiger partial charge in [-0.2, -0.15) is 0 Å². The lowest BCUT2D eigenvalue weighted by molar-refractivity contribution is -0.150. The molecule has 0 saturated carbocycles. The average molecular weight is 426 g/mol. The minimum Gasteiger partial charge on any atom is -0.490 e. The number of benzene rings is 1. The number of piperidine rings is 1. The third-order valence-corrected chi connectivity index (χ3v) is 6.81. The fourth-order valence-corrected chi connectivity index (χ4v) is 4.78. The number of thiophene rings is 1. The fraction of sp³-hybridized carbons (Fsp3) is 0.435. The van der Waals surface area contributed by atoms with Crippen LogP contribution in [0.4, 0.5) is 5.82 Å². The average Bonchev–Trinajstić information content (AvgIpc) is 3.06. The predicted octanol–water partition coefficient (Wildman–Crippen LogP) is 4.46. The highest BCUT2D eigenvalue weighted by atomic mass is 32.1. The predicted molar refractivity (Wildman–Crippen MR) is 119 cm³/mol. The molecule has 0 unspecified atom stereocenters. The first-order valence-corrected chi connectivity index (χ1v) is 11.2. The molecular weight excluding hydrogens is 398 g/mol. The first kappa shape index (κ1) is 20.6. The molecule has 3 aromatic rings. The number of hydrogen-bond acceptors (Lipinski definition) is 7. The Hall–Kier alpha value is -2.67. The van der Waals surface area contributed by atoms with Crippen LogP contribution in [-0.4, -0.2) is 42.2 Å². The largest absolute Gasteiger partial charge is 0.490 e. The van der Waals surface area contributed by atoms with Crippen LogP contribution >= 0.6 is 11.3 Å². The molecular formula is C23H27N3O3S. The summed E-state index contributed by atoms with van der Waals surface area (Å²) < 4.78 is 11.1. The second kappa shape index (κ2) is 9.00. The lowest BCUT2D eigenvalue weighted by Gasteiger charge is -2.32. The summed E-state index contributed by atoms with van der Waals surface area (Å²) >= 11 is 1.71. The van der Waals surface area contributed by atoms with Gasteiger partial charge in [0.25, 0.3) is 0 Å². The smallest absolute Gasteiger partial charge is 0.309 e. The molecule has 1 aromatic carbocycles. The van der Waals surface area contributed by atoms with Crippen LogP contribution in [0.25, 0.3) is 10.2 Å². The van der Waals surface area contributed by atoms with E-state index in [0.717, 1.165) is 47.7 Å². The second-order valence-electron chi connectivity index (χ2n) is 7.75. The molecule has 0 aliphatic carbocycles. The highest BCUT2D eigenvalue weighted by Crippen LogP contribution is 2.35. The number of hydrogen-bond donors (Lipinski definition) is 0. The number of carbonyl (C=O) groups is 1. The Labute approximate surface area is 180 Å². The molecule has 7 heteroatoms. The van der Waals surface area contributed by atoms with E-state index in [0.29, 0.717) is 6.61 Å². The Balaban J connectivity index is 1.27. The summed E-state index contributed by atoms with van der Waals surface area (Å²) in [6.45, 7) is 8.50. The van der Waals surface area contributed by atoms with Crippen molar-refractivity contribution in [3.8, 4) is 5.75 Å². The first-order chi connectivity index (χ1) is 14.5. The molecule has 2 aromatic heterocycles. The quantitative estimate of drug-likeness (QED) is 0.429. The number of aryl methyl sites for hydroxylation is 3. The van der Waals surface area contributed by atoms with Crippen LogP contribution in [0.3, 0.4) is 0 Å². The van der Waals surface area contributed by atoms with Crippen molar-refractivity contribution in [2.75, 3.05) is 31.2 Å². The molecule has 1 saturated heterocycles. The molecule has 0 atom stereocenters. The molecule has 1 aliphatic rings. The number of esters is 1. The minimum absolute atomic E-state index is 0.0664. The van der Waals surface area contributed by atoms with Crippen molar-refractivity contribution < 1.29 is 14.3 Å². The minimum atomic E-state index is -0.127. The van der Waals surface area contributed by atoms with Gasteiger partial charge in [-0.15, -0.1) is 11.3 Å². The normalized spacial score (nSPS) is 14.8. The van der Waals surface area contributed by atoms with Gasteiger partial charge in [0.05, 0.1) is 11.3 Å². The van der Waals surface area contributed by atoms with E-state index >= 15 is 0 Å². The van der Waals surface area contributed by atoms with E-state index in [-0.39, 0.29) is 18.5 Å². The van der Waals surface area contributed by atoms with Gasteiger partial charge in [0.15, 0.2) is 0 Å². The van der Waals surface area contributed by atoms with E-state index in [4.69, 9.17) is 9.47 Å². The van der Waals surface area contributed by atoms with Gasteiger partial charge >= 0.3 is 5.97 Å². The molecule has 0 amide bonds. The van der Waals surface area contributed by atoms with E-state index in [1.165, 1.54) is 16.0 Å². The molecule has 0 spiro atoms. The summed E-state index contributed by atoms with van der Waals surface area (Å²) in [6.07, 6.45) is 3.18. The maximum Gasteiger partial charge on any atom is 0.309 e. The third kappa shape index (κ3) is 4.41. The third-order valence-electron chi connectivity index (χ3n) is 5.69. The number of fused-ring (bicyclic) bond motifs is 1. The van der Waals surface area contributed by atoms with E-state index in [1.54, 1.807) is 17.7 Å². The zero-order chi connectivity index (χ0) is 21.1. The van der Waals surface area contributed by atoms with E-state index in [2.05, 4.69) is 28.7 Å².